The van der Waals surface area contributed by atoms with Gasteiger partial charge in [0.1, 0.15) is 18.2 Å². The quantitative estimate of drug-likeness (QED) is 0.0882. The fourth-order valence-corrected chi connectivity index (χ4v) is 6.34. The van der Waals surface area contributed by atoms with Crippen molar-refractivity contribution in [1.29, 1.82) is 0 Å². The zero-order chi connectivity index (χ0) is 37.4. The predicted molar refractivity (Wildman–Crippen MR) is 211 cm³/mol. The third kappa shape index (κ3) is 8.64. The highest BCUT2D eigenvalue weighted by Gasteiger charge is 2.16. The van der Waals surface area contributed by atoms with Crippen LogP contribution in [0.2, 0.25) is 0 Å². The molecule has 0 radical (unpaired) electrons. The molecule has 2 amide bonds. The van der Waals surface area contributed by atoms with E-state index in [-0.39, 0.29) is 0 Å². The van der Waals surface area contributed by atoms with Crippen LogP contribution in [0.1, 0.15) is 25.5 Å². The van der Waals surface area contributed by atoms with Crippen LogP contribution in [0.5, 0.6) is 17.5 Å². The van der Waals surface area contributed by atoms with Crippen LogP contribution in [0, 0.1) is 0 Å². The summed E-state index contributed by atoms with van der Waals surface area (Å²) in [6, 6.07) is 24.0. The molecule has 8 rings (SSSR count). The number of carbonyl (C=O) groups is 1. The number of unbranched alkanes of at least 4 members (excludes halogenated alkanes) is 1. The van der Waals surface area contributed by atoms with Crippen LogP contribution in [-0.4, -0.2) is 85.3 Å². The first-order valence-corrected chi connectivity index (χ1v) is 18.4. The van der Waals surface area contributed by atoms with Gasteiger partial charge in [-0.15, -0.1) is 0 Å². The van der Waals surface area contributed by atoms with Crippen LogP contribution in [-0.2, 0) is 11.2 Å². The second-order valence-electron chi connectivity index (χ2n) is 13.0. The number of H-pyrrole nitrogens is 1. The SMILES string of the molecule is CCCCc1cc(NC(=O)Nc2ccc(Oc3ccnc(Nc4ccc5[nH]ncc5c4)n3)c3ccccc23)n(-c2ccc(OCCN3CCOCC3)nc2)n1. The van der Waals surface area contributed by atoms with E-state index in [9.17, 15) is 4.79 Å². The Morgan fingerprint density at radius 2 is 1.82 bits per heavy atom. The Bertz CT molecular complexity index is 2390. The Hall–Kier alpha value is -6.58. The number of nitrogens with zero attached hydrogens (tertiary/aromatic N) is 7. The molecule has 15 heteroatoms. The topological polar surface area (TPSA) is 169 Å². The van der Waals surface area contributed by atoms with Crippen molar-refractivity contribution >= 4 is 50.8 Å². The molecule has 5 heterocycles. The molecule has 55 heavy (non-hydrogen) atoms. The van der Waals surface area contributed by atoms with Crippen molar-refractivity contribution in [2.75, 3.05) is 55.4 Å². The van der Waals surface area contributed by atoms with Crippen LogP contribution in [0.25, 0.3) is 27.4 Å². The zero-order valence-electron chi connectivity index (χ0n) is 30.4. The van der Waals surface area contributed by atoms with E-state index in [1.54, 1.807) is 29.3 Å². The average Bonchev–Trinajstić information content (AvgIpc) is 3.85. The normalized spacial score (nSPS) is 13.2. The first-order chi connectivity index (χ1) is 27.1. The monoisotopic (exact) mass is 739 g/mol. The Kier molecular flexibility index (Phi) is 10.7. The van der Waals surface area contributed by atoms with E-state index >= 15 is 0 Å². The van der Waals surface area contributed by atoms with Crippen molar-refractivity contribution in [1.82, 2.24) is 39.8 Å². The van der Waals surface area contributed by atoms with Gasteiger partial charge >= 0.3 is 6.03 Å². The second-order valence-corrected chi connectivity index (χ2v) is 13.0. The number of anilines is 4. The van der Waals surface area contributed by atoms with Gasteiger partial charge in [-0.05, 0) is 49.2 Å². The van der Waals surface area contributed by atoms with Crippen LogP contribution >= 0.6 is 0 Å². The minimum atomic E-state index is -0.418. The number of fused-ring (bicyclic) bond motifs is 2. The fourth-order valence-electron chi connectivity index (χ4n) is 6.34. The summed E-state index contributed by atoms with van der Waals surface area (Å²) in [6.45, 7) is 6.80. The number of ether oxygens (including phenoxy) is 3. The van der Waals surface area contributed by atoms with Gasteiger partial charge < -0.3 is 24.8 Å². The van der Waals surface area contributed by atoms with Crippen LogP contribution < -0.4 is 25.4 Å². The number of hydrogen-bond acceptors (Lipinski definition) is 11. The van der Waals surface area contributed by atoms with Crippen molar-refractivity contribution < 1.29 is 19.0 Å². The van der Waals surface area contributed by atoms with E-state index < -0.39 is 6.03 Å². The summed E-state index contributed by atoms with van der Waals surface area (Å²) >= 11 is 0. The maximum Gasteiger partial charge on any atom is 0.324 e. The van der Waals surface area contributed by atoms with Gasteiger partial charge in [-0.25, -0.2) is 19.4 Å². The molecule has 1 fully saturated rings. The molecule has 4 N–H and O–H groups in total. The molecule has 0 spiro atoms. The summed E-state index contributed by atoms with van der Waals surface area (Å²) in [6.07, 6.45) is 7.88. The van der Waals surface area contributed by atoms with E-state index in [0.29, 0.717) is 47.3 Å². The molecule has 280 valence electrons. The van der Waals surface area contributed by atoms with Crippen molar-refractivity contribution in [3.63, 3.8) is 0 Å². The minimum absolute atomic E-state index is 0.361. The highest BCUT2D eigenvalue weighted by molar-refractivity contribution is 6.07. The number of pyridine rings is 1. The molecule has 3 aromatic carbocycles. The molecule has 0 saturated carbocycles. The van der Waals surface area contributed by atoms with Gasteiger partial charge in [0.05, 0.1) is 48.2 Å². The van der Waals surface area contributed by atoms with E-state index in [4.69, 9.17) is 19.3 Å². The van der Waals surface area contributed by atoms with Gasteiger partial charge in [0.25, 0.3) is 0 Å². The summed E-state index contributed by atoms with van der Waals surface area (Å²) in [5.74, 6) is 2.37. The van der Waals surface area contributed by atoms with Crippen molar-refractivity contribution in [2.24, 2.45) is 0 Å². The number of aromatic nitrogens is 7. The lowest BCUT2D eigenvalue weighted by molar-refractivity contribution is 0.0320. The molecule has 1 aliphatic heterocycles. The highest BCUT2D eigenvalue weighted by atomic mass is 16.5. The maximum atomic E-state index is 13.6. The molecule has 1 saturated heterocycles. The maximum absolute atomic E-state index is 13.6. The molecule has 0 bridgehead atoms. The van der Waals surface area contributed by atoms with E-state index in [1.807, 2.05) is 72.8 Å². The molecule has 4 aromatic heterocycles. The van der Waals surface area contributed by atoms with Crippen LogP contribution in [0.15, 0.2) is 97.5 Å². The van der Waals surface area contributed by atoms with E-state index in [1.165, 1.54) is 0 Å². The second kappa shape index (κ2) is 16.6. The summed E-state index contributed by atoms with van der Waals surface area (Å²) in [5.41, 5.74) is 3.94. The van der Waals surface area contributed by atoms with Crippen molar-refractivity contribution in [2.45, 2.75) is 26.2 Å². The Labute approximate surface area is 317 Å². The molecule has 0 atom stereocenters. The third-order valence-corrected chi connectivity index (χ3v) is 9.19. The molecule has 15 nitrogen and oxygen atoms in total. The lowest BCUT2D eigenvalue weighted by atomic mass is 10.1. The predicted octanol–water partition coefficient (Wildman–Crippen LogP) is 7.32. The van der Waals surface area contributed by atoms with Crippen molar-refractivity contribution in [3.8, 4) is 23.2 Å². The lowest BCUT2D eigenvalue weighted by Crippen LogP contribution is -2.38. The van der Waals surface area contributed by atoms with Gasteiger partial charge in [-0.3, -0.25) is 15.3 Å². The van der Waals surface area contributed by atoms with E-state index in [0.717, 1.165) is 85.2 Å². The Morgan fingerprint density at radius 3 is 2.67 bits per heavy atom. The Morgan fingerprint density at radius 1 is 0.927 bits per heavy atom. The third-order valence-electron chi connectivity index (χ3n) is 9.19. The number of morpholine rings is 1. The van der Waals surface area contributed by atoms with Gasteiger partial charge in [0, 0.05) is 65.9 Å². The number of carbonyl (C=O) groups excluding carboxylic acids is 1. The highest BCUT2D eigenvalue weighted by Crippen LogP contribution is 2.34. The number of hydrogen-bond donors (Lipinski definition) is 4. The van der Waals surface area contributed by atoms with Gasteiger partial charge in [0.2, 0.25) is 17.7 Å². The van der Waals surface area contributed by atoms with Crippen molar-refractivity contribution in [3.05, 3.63) is 103 Å². The number of benzene rings is 3. The summed E-state index contributed by atoms with van der Waals surface area (Å²) < 4.78 is 19.3. The minimum Gasteiger partial charge on any atom is -0.476 e. The number of nitrogens with one attached hydrogen (secondary N) is 4. The molecule has 1 aliphatic rings. The summed E-state index contributed by atoms with van der Waals surface area (Å²) in [7, 11) is 0. The van der Waals surface area contributed by atoms with Gasteiger partial charge in [-0.2, -0.15) is 15.2 Å². The molecule has 0 aliphatic carbocycles. The largest absolute Gasteiger partial charge is 0.476 e. The zero-order valence-corrected chi connectivity index (χ0v) is 30.4. The van der Waals surface area contributed by atoms with Crippen LogP contribution in [0.4, 0.5) is 27.9 Å². The number of aromatic amines is 1. The van der Waals surface area contributed by atoms with Crippen LogP contribution in [0.3, 0.4) is 0 Å². The first kappa shape index (κ1) is 35.4. The smallest absolute Gasteiger partial charge is 0.324 e. The van der Waals surface area contributed by atoms with Gasteiger partial charge in [0.15, 0.2) is 0 Å². The molecular weight excluding hydrogens is 699 g/mol. The summed E-state index contributed by atoms with van der Waals surface area (Å²) in [5, 5.41) is 23.7. The molecular formula is C40H41N11O4. The van der Waals surface area contributed by atoms with Gasteiger partial charge in [-0.1, -0.05) is 37.6 Å². The number of aryl methyl sites for hydroxylation is 1. The number of rotatable bonds is 14. The number of urea groups is 1. The first-order valence-electron chi connectivity index (χ1n) is 18.4. The van der Waals surface area contributed by atoms with E-state index in [2.05, 4.69) is 52.9 Å². The number of amides is 2. The molecule has 0 unspecified atom stereocenters. The summed E-state index contributed by atoms with van der Waals surface area (Å²) in [4.78, 5) is 29.3. The average molecular weight is 740 g/mol. The lowest BCUT2D eigenvalue weighted by Gasteiger charge is -2.26. The fraction of sp³-hybridized carbons (Fsp3) is 0.250. The molecule has 7 aromatic rings. The standard InChI is InChI=1S/C40H41N11O4/c1-2-3-6-29-24-36(51(49-29)30-10-14-37(42-26-30)54-22-19-50-17-20-53-21-18-50)46-40(52)45-34-12-13-35(32-8-5-4-7-31(32)34)55-38-15-16-41-39(47-38)44-28-9-11-33-27(23-28)25-43-48-33/h4-5,7-16,23-26H,2-3,6,17-22H2,1H3,(H,43,48)(H,41,44,47)(H2,45,46,52). The Balaban J connectivity index is 0.953.